The monoisotopic (exact) mass is 366 g/mol. The summed E-state index contributed by atoms with van der Waals surface area (Å²) >= 11 is 0. The van der Waals surface area contributed by atoms with Gasteiger partial charge in [-0.15, -0.1) is 0 Å². The first-order valence-corrected chi connectivity index (χ1v) is 9.82. The normalized spacial score (nSPS) is 17.6. The van der Waals surface area contributed by atoms with Gasteiger partial charge in [0.2, 0.25) is 0 Å². The Bertz CT molecular complexity index is 715. The van der Waals surface area contributed by atoms with Crippen molar-refractivity contribution in [2.45, 2.75) is 25.2 Å². The highest BCUT2D eigenvalue weighted by Gasteiger charge is 2.22. The highest BCUT2D eigenvalue weighted by Crippen LogP contribution is 2.28. The Morgan fingerprint density at radius 1 is 1.15 bits per heavy atom. The van der Waals surface area contributed by atoms with Crippen LogP contribution in [0.1, 0.15) is 41.1 Å². The molecule has 0 aliphatic carbocycles. The van der Waals surface area contributed by atoms with E-state index >= 15 is 0 Å². The molecular formula is C22H30N4O. The average molecular weight is 367 g/mol. The van der Waals surface area contributed by atoms with Crippen LogP contribution in [0.3, 0.4) is 0 Å². The first-order chi connectivity index (χ1) is 13.1. The molecule has 1 atom stereocenters. The summed E-state index contributed by atoms with van der Waals surface area (Å²) in [4.78, 5) is 21.4. The molecule has 2 heterocycles. The molecule has 0 bridgehead atoms. The summed E-state index contributed by atoms with van der Waals surface area (Å²) in [7, 11) is 4.08. The lowest BCUT2D eigenvalue weighted by atomic mass is 9.92. The van der Waals surface area contributed by atoms with Crippen molar-refractivity contribution in [1.29, 1.82) is 0 Å². The molecule has 0 radical (unpaired) electrons. The van der Waals surface area contributed by atoms with Gasteiger partial charge in [0.15, 0.2) is 0 Å². The van der Waals surface area contributed by atoms with Crippen LogP contribution in [-0.2, 0) is 0 Å². The smallest absolute Gasteiger partial charge is 0.255 e. The van der Waals surface area contributed by atoms with E-state index in [1.165, 1.54) is 5.56 Å². The number of likely N-dealkylation sites (N-methyl/N-ethyl adjacent to an activating group) is 1. The molecule has 1 aliphatic heterocycles. The third-order valence-corrected chi connectivity index (χ3v) is 5.16. The van der Waals surface area contributed by atoms with Crippen molar-refractivity contribution >= 4 is 11.7 Å². The van der Waals surface area contributed by atoms with Crippen molar-refractivity contribution in [3.63, 3.8) is 0 Å². The number of hydrogen-bond donors (Lipinski definition) is 1. The first-order valence-electron chi connectivity index (χ1n) is 9.82. The van der Waals surface area contributed by atoms with Gasteiger partial charge in [-0.2, -0.15) is 0 Å². The molecule has 1 aliphatic rings. The predicted molar refractivity (Wildman–Crippen MR) is 110 cm³/mol. The molecule has 1 unspecified atom stereocenters. The number of aromatic nitrogens is 1. The lowest BCUT2D eigenvalue weighted by Crippen LogP contribution is -2.32. The molecule has 2 aromatic rings. The van der Waals surface area contributed by atoms with E-state index in [9.17, 15) is 4.79 Å². The number of amides is 1. The Balaban J connectivity index is 1.56. The number of anilines is 1. The highest BCUT2D eigenvalue weighted by molar-refractivity contribution is 5.94. The van der Waals surface area contributed by atoms with Crippen LogP contribution in [0.2, 0.25) is 0 Å². The van der Waals surface area contributed by atoms with Gasteiger partial charge in [0.05, 0.1) is 5.56 Å². The maximum absolute atomic E-state index is 12.9. The fourth-order valence-electron chi connectivity index (χ4n) is 3.57. The van der Waals surface area contributed by atoms with Crippen LogP contribution in [0.5, 0.6) is 0 Å². The lowest BCUT2D eigenvalue weighted by molar-refractivity contribution is 0.0760. The molecule has 1 amide bonds. The Kier molecular flexibility index (Phi) is 6.82. The molecule has 5 heteroatoms. The number of nitrogens with one attached hydrogen (secondary N) is 1. The molecule has 1 N–H and O–H groups in total. The number of nitrogens with zero attached hydrogens (tertiary/aromatic N) is 3. The van der Waals surface area contributed by atoms with Gasteiger partial charge in [0.1, 0.15) is 5.82 Å². The fraction of sp³-hybridized carbons (Fsp3) is 0.455. The number of carbonyl (C=O) groups excluding carboxylic acids is 1. The van der Waals surface area contributed by atoms with Crippen molar-refractivity contribution in [2.75, 3.05) is 45.6 Å². The third kappa shape index (κ3) is 5.54. The van der Waals surface area contributed by atoms with Gasteiger partial charge >= 0.3 is 0 Å². The zero-order chi connectivity index (χ0) is 19.1. The zero-order valence-corrected chi connectivity index (χ0v) is 16.4. The summed E-state index contributed by atoms with van der Waals surface area (Å²) in [5.41, 5.74) is 2.06. The fourth-order valence-corrected chi connectivity index (χ4v) is 3.57. The predicted octanol–water partition coefficient (Wildman–Crippen LogP) is 3.47. The van der Waals surface area contributed by atoms with E-state index in [1.54, 1.807) is 6.20 Å². The minimum Gasteiger partial charge on any atom is -0.369 e. The van der Waals surface area contributed by atoms with Gasteiger partial charge in [-0.3, -0.25) is 4.79 Å². The summed E-state index contributed by atoms with van der Waals surface area (Å²) < 4.78 is 0. The maximum Gasteiger partial charge on any atom is 0.255 e. The number of hydrogen-bond acceptors (Lipinski definition) is 4. The third-order valence-electron chi connectivity index (χ3n) is 5.16. The molecular weight excluding hydrogens is 336 g/mol. The lowest BCUT2D eigenvalue weighted by Gasteiger charge is -2.21. The van der Waals surface area contributed by atoms with Gasteiger partial charge in [-0.25, -0.2) is 4.98 Å². The minimum atomic E-state index is 0.0936. The molecule has 1 aromatic carbocycles. The van der Waals surface area contributed by atoms with Crippen LogP contribution in [0.4, 0.5) is 5.82 Å². The highest BCUT2D eigenvalue weighted by atomic mass is 16.2. The van der Waals surface area contributed by atoms with Crippen molar-refractivity contribution < 1.29 is 4.79 Å². The van der Waals surface area contributed by atoms with Crippen molar-refractivity contribution in [2.24, 2.45) is 0 Å². The molecule has 1 aromatic heterocycles. The van der Waals surface area contributed by atoms with Gasteiger partial charge in [-0.05, 0) is 57.0 Å². The van der Waals surface area contributed by atoms with E-state index in [0.717, 1.165) is 51.3 Å². The van der Waals surface area contributed by atoms with Crippen molar-refractivity contribution in [3.05, 3.63) is 59.8 Å². The Labute approximate surface area is 162 Å². The van der Waals surface area contributed by atoms with Gasteiger partial charge < -0.3 is 15.1 Å². The van der Waals surface area contributed by atoms with E-state index in [0.29, 0.717) is 11.5 Å². The summed E-state index contributed by atoms with van der Waals surface area (Å²) in [6, 6.07) is 14.4. The molecule has 5 nitrogen and oxygen atoms in total. The van der Waals surface area contributed by atoms with E-state index in [-0.39, 0.29) is 5.91 Å². The van der Waals surface area contributed by atoms with Crippen LogP contribution in [-0.4, -0.2) is 61.0 Å². The van der Waals surface area contributed by atoms with Crippen LogP contribution >= 0.6 is 0 Å². The summed E-state index contributed by atoms with van der Waals surface area (Å²) in [6.45, 7) is 3.41. The SMILES string of the molecule is CN(C)CCNc1ccc(C(=O)N2CCCC(c3ccccc3)CC2)cn1. The number of rotatable bonds is 6. The Hall–Kier alpha value is -2.40. The minimum absolute atomic E-state index is 0.0936. The second-order valence-electron chi connectivity index (χ2n) is 7.49. The van der Waals surface area contributed by atoms with Crippen LogP contribution in [0.25, 0.3) is 0 Å². The molecule has 0 spiro atoms. The number of pyridine rings is 1. The van der Waals surface area contributed by atoms with Gasteiger partial charge in [-0.1, -0.05) is 30.3 Å². The Morgan fingerprint density at radius 3 is 2.67 bits per heavy atom. The first kappa shape index (κ1) is 19.4. The molecule has 3 rings (SSSR count). The van der Waals surface area contributed by atoms with E-state index in [1.807, 2.05) is 31.1 Å². The standard InChI is InChI=1S/C22H30N4O/c1-25(2)16-13-23-21-11-10-20(17-24-21)22(27)26-14-6-9-19(12-15-26)18-7-4-3-5-8-18/h3-5,7-8,10-11,17,19H,6,9,12-16H2,1-2H3,(H,23,24). The molecule has 1 saturated heterocycles. The van der Waals surface area contributed by atoms with Gasteiger partial charge in [0.25, 0.3) is 5.91 Å². The van der Waals surface area contributed by atoms with Crippen molar-refractivity contribution in [3.8, 4) is 0 Å². The summed E-state index contributed by atoms with van der Waals surface area (Å²) in [5, 5.41) is 3.28. The van der Waals surface area contributed by atoms with Crippen molar-refractivity contribution in [1.82, 2.24) is 14.8 Å². The van der Waals surface area contributed by atoms with Gasteiger partial charge in [0, 0.05) is 32.4 Å². The maximum atomic E-state index is 12.9. The number of likely N-dealkylation sites (tertiary alicyclic amines) is 1. The Morgan fingerprint density at radius 2 is 1.96 bits per heavy atom. The second-order valence-corrected chi connectivity index (χ2v) is 7.49. The van der Waals surface area contributed by atoms with Crippen LogP contribution in [0, 0.1) is 0 Å². The molecule has 144 valence electrons. The zero-order valence-electron chi connectivity index (χ0n) is 16.4. The molecule has 27 heavy (non-hydrogen) atoms. The average Bonchev–Trinajstić information content (AvgIpc) is 2.95. The van der Waals surface area contributed by atoms with Crippen LogP contribution < -0.4 is 5.32 Å². The number of carbonyl (C=O) groups is 1. The largest absolute Gasteiger partial charge is 0.369 e. The molecule has 0 saturated carbocycles. The second kappa shape index (κ2) is 9.51. The van der Waals surface area contributed by atoms with E-state index < -0.39 is 0 Å². The topological polar surface area (TPSA) is 48.5 Å². The summed E-state index contributed by atoms with van der Waals surface area (Å²) in [6.07, 6.45) is 4.90. The quantitative estimate of drug-likeness (QED) is 0.850. The summed E-state index contributed by atoms with van der Waals surface area (Å²) in [5.74, 6) is 1.45. The molecule has 1 fully saturated rings. The number of benzene rings is 1. The van der Waals surface area contributed by atoms with E-state index in [2.05, 4.69) is 45.5 Å². The van der Waals surface area contributed by atoms with Crippen LogP contribution in [0.15, 0.2) is 48.7 Å². The van der Waals surface area contributed by atoms with E-state index in [4.69, 9.17) is 0 Å².